The Bertz CT molecular complexity index is 558. The fraction of sp³-hybridized carbons (Fsp3) is 0.722. The van der Waals surface area contributed by atoms with E-state index in [1.165, 1.54) is 0 Å². The first kappa shape index (κ1) is 17.0. The van der Waals surface area contributed by atoms with Gasteiger partial charge in [-0.1, -0.05) is 13.8 Å². The Balaban J connectivity index is 1.63. The van der Waals surface area contributed by atoms with E-state index in [-0.39, 0.29) is 5.92 Å². The van der Waals surface area contributed by atoms with Crippen LogP contribution >= 0.6 is 0 Å². The molecule has 0 N–H and O–H groups in total. The maximum absolute atomic E-state index is 12.7. The number of ether oxygens (including phenoxy) is 1. The second-order valence-corrected chi connectivity index (χ2v) is 7.24. The van der Waals surface area contributed by atoms with Crippen LogP contribution in [0.25, 0.3) is 0 Å². The van der Waals surface area contributed by atoms with Crippen molar-refractivity contribution in [1.29, 1.82) is 0 Å². The minimum Gasteiger partial charge on any atom is -0.476 e. The van der Waals surface area contributed by atoms with Gasteiger partial charge in [0.05, 0.1) is 24.9 Å². The van der Waals surface area contributed by atoms with E-state index in [1.54, 1.807) is 12.4 Å². The minimum atomic E-state index is 0.0823. The molecule has 0 saturated carbocycles. The number of hydrogen-bond acceptors (Lipinski definition) is 5. The lowest BCUT2D eigenvalue weighted by Crippen LogP contribution is -2.44. The second-order valence-electron chi connectivity index (χ2n) is 7.24. The average Bonchev–Trinajstić information content (AvgIpc) is 3.14. The van der Waals surface area contributed by atoms with Crippen molar-refractivity contribution in [2.24, 2.45) is 11.8 Å². The summed E-state index contributed by atoms with van der Waals surface area (Å²) < 4.78 is 5.68. The molecule has 2 fully saturated rings. The smallest absolute Gasteiger partial charge is 0.234 e. The van der Waals surface area contributed by atoms with E-state index in [0.717, 1.165) is 57.7 Å². The van der Waals surface area contributed by atoms with E-state index in [2.05, 4.69) is 28.7 Å². The van der Waals surface area contributed by atoms with Crippen LogP contribution in [-0.4, -0.2) is 53.6 Å². The van der Waals surface area contributed by atoms with Gasteiger partial charge in [0.25, 0.3) is 0 Å². The molecule has 0 radical (unpaired) electrons. The standard InChI is InChI=1S/C18H28N4O2/c1-14(2)13-24-17-11-19-10-16(20-17)22-9-5-6-15(12-22)18(23)21-7-3-4-8-21/h10-11,14-15H,3-9,12-13H2,1-2H3/t15-/m1/s1. The van der Waals surface area contributed by atoms with Gasteiger partial charge in [-0.2, -0.15) is 4.98 Å². The van der Waals surface area contributed by atoms with Crippen molar-refractivity contribution >= 4 is 11.7 Å². The summed E-state index contributed by atoms with van der Waals surface area (Å²) in [5.74, 6) is 2.23. The molecule has 132 valence electrons. The quantitative estimate of drug-likeness (QED) is 0.828. The second kappa shape index (κ2) is 7.81. The van der Waals surface area contributed by atoms with Crippen LogP contribution in [0.2, 0.25) is 0 Å². The largest absolute Gasteiger partial charge is 0.476 e. The lowest BCUT2D eigenvalue weighted by atomic mass is 9.96. The van der Waals surface area contributed by atoms with Gasteiger partial charge in [-0.15, -0.1) is 0 Å². The topological polar surface area (TPSA) is 58.6 Å². The summed E-state index contributed by atoms with van der Waals surface area (Å²) in [7, 11) is 0. The van der Waals surface area contributed by atoms with Crippen LogP contribution in [0.4, 0.5) is 5.82 Å². The third-order valence-electron chi connectivity index (χ3n) is 4.68. The van der Waals surface area contributed by atoms with Crippen LogP contribution in [0.15, 0.2) is 12.4 Å². The molecule has 2 saturated heterocycles. The van der Waals surface area contributed by atoms with Crippen molar-refractivity contribution in [3.63, 3.8) is 0 Å². The van der Waals surface area contributed by atoms with Crippen molar-refractivity contribution < 1.29 is 9.53 Å². The number of anilines is 1. The van der Waals surface area contributed by atoms with Gasteiger partial charge in [0.2, 0.25) is 11.8 Å². The fourth-order valence-electron chi connectivity index (χ4n) is 3.39. The number of piperidine rings is 1. The maximum Gasteiger partial charge on any atom is 0.234 e. The molecule has 1 atom stereocenters. The monoisotopic (exact) mass is 332 g/mol. The van der Waals surface area contributed by atoms with Crippen molar-refractivity contribution in [2.75, 3.05) is 37.7 Å². The minimum absolute atomic E-state index is 0.0823. The Labute approximate surface area is 144 Å². The molecule has 0 spiro atoms. The SMILES string of the molecule is CC(C)COc1cncc(N2CCC[C@@H](C(=O)N3CCCC3)C2)n1. The summed E-state index contributed by atoms with van der Waals surface area (Å²) in [4.78, 5) is 25.7. The van der Waals surface area contributed by atoms with Crippen LogP contribution in [0.1, 0.15) is 39.5 Å². The van der Waals surface area contributed by atoms with E-state index in [9.17, 15) is 4.79 Å². The number of rotatable bonds is 5. The lowest BCUT2D eigenvalue weighted by molar-refractivity contribution is -0.134. The molecule has 3 heterocycles. The molecule has 6 heteroatoms. The number of carbonyl (C=O) groups excluding carboxylic acids is 1. The van der Waals surface area contributed by atoms with Crippen LogP contribution < -0.4 is 9.64 Å². The van der Waals surface area contributed by atoms with E-state index < -0.39 is 0 Å². The summed E-state index contributed by atoms with van der Waals surface area (Å²) >= 11 is 0. The predicted octanol–water partition coefficient (Wildman–Crippen LogP) is 2.35. The van der Waals surface area contributed by atoms with Gasteiger partial charge in [-0.3, -0.25) is 9.78 Å². The van der Waals surface area contributed by atoms with Crippen molar-refractivity contribution in [1.82, 2.24) is 14.9 Å². The van der Waals surface area contributed by atoms with Gasteiger partial charge in [0, 0.05) is 26.2 Å². The first-order chi connectivity index (χ1) is 11.6. The Morgan fingerprint density at radius 2 is 2.04 bits per heavy atom. The Morgan fingerprint density at radius 1 is 1.25 bits per heavy atom. The third kappa shape index (κ3) is 4.16. The molecule has 1 amide bonds. The van der Waals surface area contributed by atoms with Crippen LogP contribution in [0.3, 0.4) is 0 Å². The zero-order valence-electron chi connectivity index (χ0n) is 14.8. The van der Waals surface area contributed by atoms with Gasteiger partial charge >= 0.3 is 0 Å². The van der Waals surface area contributed by atoms with Crippen molar-refractivity contribution in [3.05, 3.63) is 12.4 Å². The zero-order chi connectivity index (χ0) is 16.9. The zero-order valence-corrected chi connectivity index (χ0v) is 14.8. The van der Waals surface area contributed by atoms with Crippen molar-refractivity contribution in [2.45, 2.75) is 39.5 Å². The number of likely N-dealkylation sites (tertiary alicyclic amines) is 1. The van der Waals surface area contributed by atoms with Crippen LogP contribution in [0.5, 0.6) is 5.88 Å². The number of carbonyl (C=O) groups is 1. The first-order valence-corrected chi connectivity index (χ1v) is 9.12. The molecule has 24 heavy (non-hydrogen) atoms. The van der Waals surface area contributed by atoms with Crippen LogP contribution in [-0.2, 0) is 4.79 Å². The predicted molar refractivity (Wildman–Crippen MR) is 93.1 cm³/mol. The molecule has 0 aliphatic carbocycles. The maximum atomic E-state index is 12.7. The Hall–Kier alpha value is -1.85. The molecule has 0 unspecified atom stereocenters. The molecule has 2 aliphatic rings. The highest BCUT2D eigenvalue weighted by molar-refractivity contribution is 5.80. The summed E-state index contributed by atoms with van der Waals surface area (Å²) in [5, 5.41) is 0. The Morgan fingerprint density at radius 3 is 2.79 bits per heavy atom. The third-order valence-corrected chi connectivity index (χ3v) is 4.68. The normalized spacial score (nSPS) is 21.4. The molecule has 0 aromatic carbocycles. The lowest BCUT2D eigenvalue weighted by Gasteiger charge is -2.34. The highest BCUT2D eigenvalue weighted by atomic mass is 16.5. The molecule has 1 aromatic heterocycles. The number of aromatic nitrogens is 2. The average molecular weight is 332 g/mol. The summed E-state index contributed by atoms with van der Waals surface area (Å²) in [6.45, 7) is 8.35. The molecule has 3 rings (SSSR count). The number of nitrogens with zero attached hydrogens (tertiary/aromatic N) is 4. The number of hydrogen-bond donors (Lipinski definition) is 0. The molecule has 1 aromatic rings. The first-order valence-electron chi connectivity index (χ1n) is 9.12. The van der Waals surface area contributed by atoms with Gasteiger partial charge in [0.15, 0.2) is 5.82 Å². The molecular weight excluding hydrogens is 304 g/mol. The summed E-state index contributed by atoms with van der Waals surface area (Å²) in [6, 6.07) is 0. The summed E-state index contributed by atoms with van der Waals surface area (Å²) in [6.07, 6.45) is 7.70. The summed E-state index contributed by atoms with van der Waals surface area (Å²) in [5.41, 5.74) is 0. The molecular formula is C18H28N4O2. The van der Waals surface area contributed by atoms with Gasteiger partial charge in [-0.05, 0) is 31.6 Å². The van der Waals surface area contributed by atoms with E-state index in [4.69, 9.17) is 4.74 Å². The fourth-order valence-corrected chi connectivity index (χ4v) is 3.39. The number of amides is 1. The molecule has 2 aliphatic heterocycles. The Kier molecular flexibility index (Phi) is 5.53. The molecule has 6 nitrogen and oxygen atoms in total. The van der Waals surface area contributed by atoms with Crippen LogP contribution in [0, 0.1) is 11.8 Å². The van der Waals surface area contributed by atoms with E-state index >= 15 is 0 Å². The van der Waals surface area contributed by atoms with Crippen molar-refractivity contribution in [3.8, 4) is 5.88 Å². The van der Waals surface area contributed by atoms with E-state index in [0.29, 0.717) is 24.3 Å². The van der Waals surface area contributed by atoms with Gasteiger partial charge in [-0.25, -0.2) is 0 Å². The van der Waals surface area contributed by atoms with E-state index in [1.807, 2.05) is 4.90 Å². The van der Waals surface area contributed by atoms with Gasteiger partial charge < -0.3 is 14.5 Å². The highest BCUT2D eigenvalue weighted by Gasteiger charge is 2.31. The van der Waals surface area contributed by atoms with Gasteiger partial charge in [0.1, 0.15) is 0 Å². The molecule has 0 bridgehead atoms. The highest BCUT2D eigenvalue weighted by Crippen LogP contribution is 2.25.